The number of anilines is 1. The van der Waals surface area contributed by atoms with Crippen molar-refractivity contribution in [1.82, 2.24) is 10.6 Å². The number of amides is 2. The minimum absolute atomic E-state index is 0.0684. The highest BCUT2D eigenvalue weighted by Crippen LogP contribution is 2.22. The Bertz CT molecular complexity index is 444. The van der Waals surface area contributed by atoms with Gasteiger partial charge in [0.25, 0.3) is 0 Å². The van der Waals surface area contributed by atoms with E-state index in [4.69, 9.17) is 0 Å². The van der Waals surface area contributed by atoms with Crippen molar-refractivity contribution in [3.8, 4) is 0 Å². The molecule has 1 saturated heterocycles. The summed E-state index contributed by atoms with van der Waals surface area (Å²) in [6, 6.07) is 1.76. The molecule has 1 aliphatic heterocycles. The molecular formula is C12H17N3O2S. The van der Waals surface area contributed by atoms with Crippen molar-refractivity contribution in [1.29, 1.82) is 0 Å². The fourth-order valence-corrected chi connectivity index (χ4v) is 2.74. The minimum Gasteiger partial charge on any atom is -0.355 e. The molecule has 2 heterocycles. The van der Waals surface area contributed by atoms with Crippen LogP contribution in [0.1, 0.15) is 24.6 Å². The Morgan fingerprint density at radius 1 is 1.61 bits per heavy atom. The van der Waals surface area contributed by atoms with Crippen LogP contribution in [0.25, 0.3) is 0 Å². The average Bonchev–Trinajstić information content (AvgIpc) is 2.75. The summed E-state index contributed by atoms with van der Waals surface area (Å²) in [6.07, 6.45) is 1.87. The lowest BCUT2D eigenvalue weighted by atomic mass is 10.1. The first-order chi connectivity index (χ1) is 8.66. The number of nitrogens with one attached hydrogen (secondary N) is 3. The topological polar surface area (TPSA) is 70.2 Å². The Morgan fingerprint density at radius 3 is 3.17 bits per heavy atom. The van der Waals surface area contributed by atoms with Gasteiger partial charge in [0.1, 0.15) is 0 Å². The van der Waals surface area contributed by atoms with Gasteiger partial charge >= 0.3 is 0 Å². The van der Waals surface area contributed by atoms with Crippen LogP contribution < -0.4 is 16.0 Å². The van der Waals surface area contributed by atoms with E-state index in [-0.39, 0.29) is 17.9 Å². The fourth-order valence-electron chi connectivity index (χ4n) is 1.96. The highest BCUT2D eigenvalue weighted by atomic mass is 32.1. The minimum atomic E-state index is -0.119. The Kier molecular flexibility index (Phi) is 4.33. The normalized spacial score (nSPS) is 19.4. The van der Waals surface area contributed by atoms with Gasteiger partial charge in [0.05, 0.1) is 11.7 Å². The van der Waals surface area contributed by atoms with Crippen molar-refractivity contribution in [3.63, 3.8) is 0 Å². The molecule has 1 fully saturated rings. The predicted octanol–water partition coefficient (Wildman–Crippen LogP) is 1.07. The molecule has 2 amide bonds. The van der Waals surface area contributed by atoms with E-state index in [2.05, 4.69) is 16.0 Å². The third kappa shape index (κ3) is 3.30. The molecule has 0 bridgehead atoms. The van der Waals surface area contributed by atoms with Gasteiger partial charge in [0, 0.05) is 24.9 Å². The molecule has 0 radical (unpaired) electrons. The molecule has 5 nitrogen and oxygen atoms in total. The van der Waals surface area contributed by atoms with Crippen LogP contribution in [0.5, 0.6) is 0 Å². The van der Waals surface area contributed by atoms with Crippen molar-refractivity contribution >= 4 is 28.8 Å². The standard InChI is InChI=1S/C12H17N3O2S/c1-8(16)15-9-4-6-18-11(9)7-14-10-3-2-5-13-12(10)17/h4,6,10,14H,2-3,5,7H2,1H3,(H,13,17)(H,15,16). The molecule has 1 atom stereocenters. The van der Waals surface area contributed by atoms with Gasteiger partial charge in [-0.1, -0.05) is 0 Å². The zero-order chi connectivity index (χ0) is 13.0. The van der Waals surface area contributed by atoms with Gasteiger partial charge in [-0.15, -0.1) is 11.3 Å². The van der Waals surface area contributed by atoms with E-state index in [0.717, 1.165) is 30.0 Å². The van der Waals surface area contributed by atoms with E-state index in [1.165, 1.54) is 6.92 Å². The summed E-state index contributed by atoms with van der Waals surface area (Å²) in [7, 11) is 0. The number of carbonyl (C=O) groups excluding carboxylic acids is 2. The van der Waals surface area contributed by atoms with Crippen LogP contribution in [0.15, 0.2) is 11.4 Å². The number of piperidine rings is 1. The molecule has 0 aromatic carbocycles. The Labute approximate surface area is 110 Å². The predicted molar refractivity (Wildman–Crippen MR) is 71.5 cm³/mol. The SMILES string of the molecule is CC(=O)Nc1ccsc1CNC1CCCNC1=O. The molecule has 1 unspecified atom stereocenters. The molecule has 3 N–H and O–H groups in total. The Hall–Kier alpha value is -1.40. The number of rotatable bonds is 4. The van der Waals surface area contributed by atoms with Crippen molar-refractivity contribution < 1.29 is 9.59 Å². The lowest BCUT2D eigenvalue weighted by Gasteiger charge is -2.22. The van der Waals surface area contributed by atoms with Crippen molar-refractivity contribution in [2.24, 2.45) is 0 Å². The van der Waals surface area contributed by atoms with E-state index in [0.29, 0.717) is 6.54 Å². The maximum absolute atomic E-state index is 11.6. The van der Waals surface area contributed by atoms with E-state index in [9.17, 15) is 9.59 Å². The molecule has 98 valence electrons. The molecule has 2 rings (SSSR count). The van der Waals surface area contributed by atoms with Crippen LogP contribution in [0, 0.1) is 0 Å². The van der Waals surface area contributed by atoms with Crippen LogP contribution in [0.2, 0.25) is 0 Å². The molecule has 1 aromatic heterocycles. The van der Waals surface area contributed by atoms with Gasteiger partial charge in [0.15, 0.2) is 0 Å². The maximum atomic E-state index is 11.6. The van der Waals surface area contributed by atoms with Crippen LogP contribution >= 0.6 is 11.3 Å². The van der Waals surface area contributed by atoms with Gasteiger partial charge in [-0.2, -0.15) is 0 Å². The van der Waals surface area contributed by atoms with Crippen LogP contribution in [-0.2, 0) is 16.1 Å². The fraction of sp³-hybridized carbons (Fsp3) is 0.500. The van der Waals surface area contributed by atoms with Gasteiger partial charge in [-0.25, -0.2) is 0 Å². The van der Waals surface area contributed by atoms with Crippen molar-refractivity contribution in [3.05, 3.63) is 16.3 Å². The summed E-state index contributed by atoms with van der Waals surface area (Å²) < 4.78 is 0. The monoisotopic (exact) mass is 267 g/mol. The summed E-state index contributed by atoms with van der Waals surface area (Å²) in [5.41, 5.74) is 0.830. The molecule has 1 aliphatic rings. The number of hydrogen-bond acceptors (Lipinski definition) is 4. The quantitative estimate of drug-likeness (QED) is 0.764. The molecule has 0 aliphatic carbocycles. The van der Waals surface area contributed by atoms with Crippen LogP contribution in [0.4, 0.5) is 5.69 Å². The number of carbonyl (C=O) groups is 2. The molecular weight excluding hydrogens is 250 g/mol. The van der Waals surface area contributed by atoms with E-state index in [1.54, 1.807) is 11.3 Å². The van der Waals surface area contributed by atoms with E-state index >= 15 is 0 Å². The summed E-state index contributed by atoms with van der Waals surface area (Å²) in [5.74, 6) is -0.0102. The average molecular weight is 267 g/mol. The Morgan fingerprint density at radius 2 is 2.44 bits per heavy atom. The first-order valence-electron chi connectivity index (χ1n) is 6.02. The summed E-state index contributed by atoms with van der Waals surface area (Å²) in [5, 5.41) is 10.8. The molecule has 18 heavy (non-hydrogen) atoms. The second-order valence-corrected chi connectivity index (χ2v) is 5.31. The van der Waals surface area contributed by atoms with Crippen molar-refractivity contribution in [2.75, 3.05) is 11.9 Å². The van der Waals surface area contributed by atoms with Gasteiger partial charge in [-0.3, -0.25) is 9.59 Å². The summed E-state index contributed by atoms with van der Waals surface area (Å²) in [6.45, 7) is 2.86. The molecule has 0 spiro atoms. The van der Waals surface area contributed by atoms with Crippen LogP contribution in [-0.4, -0.2) is 24.4 Å². The number of thiophene rings is 1. The third-order valence-electron chi connectivity index (χ3n) is 2.85. The van der Waals surface area contributed by atoms with E-state index in [1.807, 2.05) is 11.4 Å². The summed E-state index contributed by atoms with van der Waals surface area (Å²) >= 11 is 1.57. The van der Waals surface area contributed by atoms with Gasteiger partial charge in [0.2, 0.25) is 11.8 Å². The third-order valence-corrected chi connectivity index (χ3v) is 3.77. The smallest absolute Gasteiger partial charge is 0.237 e. The molecule has 1 aromatic rings. The number of hydrogen-bond donors (Lipinski definition) is 3. The van der Waals surface area contributed by atoms with Crippen LogP contribution in [0.3, 0.4) is 0 Å². The lowest BCUT2D eigenvalue weighted by Crippen LogP contribution is -2.47. The molecule has 0 saturated carbocycles. The second-order valence-electron chi connectivity index (χ2n) is 4.31. The zero-order valence-electron chi connectivity index (χ0n) is 10.3. The largest absolute Gasteiger partial charge is 0.355 e. The maximum Gasteiger partial charge on any atom is 0.237 e. The zero-order valence-corrected chi connectivity index (χ0v) is 11.1. The second kappa shape index (κ2) is 5.97. The van der Waals surface area contributed by atoms with Gasteiger partial charge < -0.3 is 16.0 Å². The lowest BCUT2D eigenvalue weighted by molar-refractivity contribution is -0.124. The van der Waals surface area contributed by atoms with Gasteiger partial charge in [-0.05, 0) is 24.3 Å². The highest BCUT2D eigenvalue weighted by Gasteiger charge is 2.21. The Balaban J connectivity index is 1.91. The van der Waals surface area contributed by atoms with Crippen molar-refractivity contribution in [2.45, 2.75) is 32.4 Å². The van der Waals surface area contributed by atoms with E-state index < -0.39 is 0 Å². The highest BCUT2D eigenvalue weighted by molar-refractivity contribution is 7.10. The first kappa shape index (κ1) is 13.0. The molecule has 6 heteroatoms. The first-order valence-corrected chi connectivity index (χ1v) is 6.90. The summed E-state index contributed by atoms with van der Waals surface area (Å²) in [4.78, 5) is 23.7.